The van der Waals surface area contributed by atoms with Crippen LogP contribution in [0.4, 0.5) is 0 Å². The number of nitrogens with one attached hydrogen (secondary N) is 1. The van der Waals surface area contributed by atoms with Gasteiger partial charge in [0.1, 0.15) is 5.01 Å². The van der Waals surface area contributed by atoms with Crippen LogP contribution in [0.25, 0.3) is 0 Å². The third-order valence-electron chi connectivity index (χ3n) is 2.39. The molecule has 106 valence electrons. The van der Waals surface area contributed by atoms with Crippen LogP contribution in [-0.2, 0) is 4.79 Å². The van der Waals surface area contributed by atoms with Gasteiger partial charge in [0, 0.05) is 11.1 Å². The highest BCUT2D eigenvalue weighted by Crippen LogP contribution is 2.19. The molecule has 2 atom stereocenters. The molecule has 0 aliphatic heterocycles. The molecule has 0 aliphatic carbocycles. The molecule has 0 radical (unpaired) electrons. The van der Waals surface area contributed by atoms with E-state index < -0.39 is 6.04 Å². The van der Waals surface area contributed by atoms with Gasteiger partial charge in [-0.15, -0.1) is 36.2 Å². The Balaban J connectivity index is 0. The maximum Gasteiger partial charge on any atom is 0.237 e. The van der Waals surface area contributed by atoms with E-state index in [1.165, 1.54) is 0 Å². The van der Waals surface area contributed by atoms with E-state index in [1.54, 1.807) is 11.3 Å². The maximum absolute atomic E-state index is 11.7. The number of carbonyl (C=O) groups is 1. The number of halogens is 2. The molecule has 3 N–H and O–H groups in total. The Morgan fingerprint density at radius 1 is 1.39 bits per heavy atom. The first-order valence-electron chi connectivity index (χ1n) is 5.40. The molecule has 1 heterocycles. The molecule has 0 aromatic carbocycles. The lowest BCUT2D eigenvalue weighted by atomic mass is 10.0. The minimum absolute atomic E-state index is 0. The average Bonchev–Trinajstić information content (AvgIpc) is 2.63. The van der Waals surface area contributed by atoms with Crippen LogP contribution in [0.15, 0.2) is 6.20 Å². The topological polar surface area (TPSA) is 68.0 Å². The summed E-state index contributed by atoms with van der Waals surface area (Å²) in [5.41, 5.74) is 5.76. The standard InChI is InChI=1S/C11H19N3OS.2ClH/c1-6(2)9(12)10(15)14-8(4)11-13-5-7(3)16-11;;/h5-6,8-9H,12H2,1-4H3,(H,14,15);2*1H. The highest BCUT2D eigenvalue weighted by molar-refractivity contribution is 7.11. The van der Waals surface area contributed by atoms with Gasteiger partial charge >= 0.3 is 0 Å². The molecular formula is C11H21Cl2N3OS. The van der Waals surface area contributed by atoms with E-state index in [9.17, 15) is 4.79 Å². The van der Waals surface area contributed by atoms with Crippen molar-refractivity contribution in [2.75, 3.05) is 0 Å². The lowest BCUT2D eigenvalue weighted by Gasteiger charge is -2.18. The number of nitrogens with two attached hydrogens (primary N) is 1. The number of hydrogen-bond acceptors (Lipinski definition) is 4. The van der Waals surface area contributed by atoms with Gasteiger partial charge in [0.25, 0.3) is 0 Å². The van der Waals surface area contributed by atoms with E-state index in [-0.39, 0.29) is 42.7 Å². The summed E-state index contributed by atoms with van der Waals surface area (Å²) in [6.45, 7) is 7.78. The van der Waals surface area contributed by atoms with E-state index in [1.807, 2.05) is 33.9 Å². The first-order valence-corrected chi connectivity index (χ1v) is 6.21. The molecule has 1 aromatic rings. The Hall–Kier alpha value is -0.360. The smallest absolute Gasteiger partial charge is 0.237 e. The molecule has 1 aromatic heterocycles. The fourth-order valence-electron chi connectivity index (χ4n) is 1.25. The second-order valence-electron chi connectivity index (χ2n) is 4.31. The first kappa shape index (κ1) is 20.0. The number of rotatable bonds is 4. The molecule has 0 fully saturated rings. The van der Waals surface area contributed by atoms with Crippen molar-refractivity contribution in [1.29, 1.82) is 0 Å². The van der Waals surface area contributed by atoms with Crippen molar-refractivity contribution in [1.82, 2.24) is 10.3 Å². The van der Waals surface area contributed by atoms with Crippen molar-refractivity contribution >= 4 is 42.1 Å². The number of amides is 1. The Bertz CT molecular complexity index is 371. The minimum atomic E-state index is -0.455. The first-order chi connectivity index (χ1) is 7.41. The summed E-state index contributed by atoms with van der Waals surface area (Å²) in [7, 11) is 0. The molecule has 7 heteroatoms. The second-order valence-corrected chi connectivity index (χ2v) is 5.58. The largest absolute Gasteiger partial charge is 0.346 e. The number of carbonyl (C=O) groups excluding carboxylic acids is 1. The van der Waals surface area contributed by atoms with Gasteiger partial charge in [-0.3, -0.25) is 4.79 Å². The highest BCUT2D eigenvalue weighted by Gasteiger charge is 2.20. The summed E-state index contributed by atoms with van der Waals surface area (Å²) in [5.74, 6) is 0.0283. The molecule has 0 spiro atoms. The third kappa shape index (κ3) is 5.52. The van der Waals surface area contributed by atoms with Crippen LogP contribution >= 0.6 is 36.2 Å². The molecule has 2 unspecified atom stereocenters. The van der Waals surface area contributed by atoms with Gasteiger partial charge < -0.3 is 11.1 Å². The van der Waals surface area contributed by atoms with Crippen molar-refractivity contribution in [2.24, 2.45) is 11.7 Å². The molecule has 0 saturated heterocycles. The van der Waals surface area contributed by atoms with Crippen LogP contribution < -0.4 is 11.1 Å². The van der Waals surface area contributed by atoms with E-state index >= 15 is 0 Å². The van der Waals surface area contributed by atoms with Crippen LogP contribution in [0, 0.1) is 12.8 Å². The van der Waals surface area contributed by atoms with Gasteiger partial charge in [0.15, 0.2) is 0 Å². The molecule has 18 heavy (non-hydrogen) atoms. The molecule has 0 saturated carbocycles. The van der Waals surface area contributed by atoms with Gasteiger partial charge in [-0.2, -0.15) is 0 Å². The third-order valence-corrected chi connectivity index (χ3v) is 3.48. The summed E-state index contributed by atoms with van der Waals surface area (Å²) in [5, 5.41) is 3.79. The molecular weight excluding hydrogens is 293 g/mol. The zero-order valence-corrected chi connectivity index (χ0v) is 13.4. The lowest BCUT2D eigenvalue weighted by Crippen LogP contribution is -2.44. The Morgan fingerprint density at radius 2 is 1.94 bits per heavy atom. The monoisotopic (exact) mass is 313 g/mol. The Kier molecular flexibility index (Phi) is 9.64. The predicted molar refractivity (Wildman–Crippen MR) is 80.7 cm³/mol. The summed E-state index contributed by atoms with van der Waals surface area (Å²) in [6, 6.07) is -0.528. The highest BCUT2D eigenvalue weighted by atomic mass is 35.5. The van der Waals surface area contributed by atoms with Gasteiger partial charge in [-0.25, -0.2) is 4.98 Å². The van der Waals surface area contributed by atoms with Gasteiger partial charge in [-0.1, -0.05) is 13.8 Å². The number of nitrogens with zero attached hydrogens (tertiary/aromatic N) is 1. The van der Waals surface area contributed by atoms with Crippen molar-refractivity contribution in [3.63, 3.8) is 0 Å². The zero-order chi connectivity index (χ0) is 12.3. The fourth-order valence-corrected chi connectivity index (χ4v) is 2.02. The lowest BCUT2D eigenvalue weighted by molar-refractivity contribution is -0.123. The molecule has 0 bridgehead atoms. The normalized spacial score (nSPS) is 13.2. The summed E-state index contributed by atoms with van der Waals surface area (Å²) < 4.78 is 0. The van der Waals surface area contributed by atoms with Crippen LogP contribution in [0.5, 0.6) is 0 Å². The van der Waals surface area contributed by atoms with Crippen LogP contribution in [-0.4, -0.2) is 16.9 Å². The maximum atomic E-state index is 11.7. The molecule has 1 rings (SSSR count). The minimum Gasteiger partial charge on any atom is -0.346 e. The van der Waals surface area contributed by atoms with Gasteiger partial charge in [-0.05, 0) is 19.8 Å². The quantitative estimate of drug-likeness (QED) is 0.897. The Labute approximate surface area is 125 Å². The molecule has 1 amide bonds. The van der Waals surface area contributed by atoms with Crippen molar-refractivity contribution in [2.45, 2.75) is 39.8 Å². The molecule has 0 aliphatic rings. The predicted octanol–water partition coefficient (Wildman–Crippen LogP) is 2.46. The van der Waals surface area contributed by atoms with Crippen molar-refractivity contribution in [3.05, 3.63) is 16.1 Å². The van der Waals surface area contributed by atoms with E-state index in [0.29, 0.717) is 0 Å². The van der Waals surface area contributed by atoms with E-state index in [0.717, 1.165) is 9.88 Å². The fraction of sp³-hybridized carbons (Fsp3) is 0.636. The van der Waals surface area contributed by atoms with Crippen LogP contribution in [0.1, 0.15) is 36.7 Å². The number of thiazole rings is 1. The van der Waals surface area contributed by atoms with Crippen molar-refractivity contribution in [3.8, 4) is 0 Å². The molecule has 4 nitrogen and oxygen atoms in total. The summed E-state index contributed by atoms with van der Waals surface area (Å²) in [6.07, 6.45) is 1.81. The van der Waals surface area contributed by atoms with Gasteiger partial charge in [0.05, 0.1) is 12.1 Å². The van der Waals surface area contributed by atoms with E-state index in [4.69, 9.17) is 5.73 Å². The van der Waals surface area contributed by atoms with E-state index in [2.05, 4.69) is 10.3 Å². The van der Waals surface area contributed by atoms with Crippen LogP contribution in [0.2, 0.25) is 0 Å². The zero-order valence-electron chi connectivity index (χ0n) is 11.0. The van der Waals surface area contributed by atoms with Crippen molar-refractivity contribution < 1.29 is 4.79 Å². The van der Waals surface area contributed by atoms with Gasteiger partial charge in [0.2, 0.25) is 5.91 Å². The number of aromatic nitrogens is 1. The average molecular weight is 314 g/mol. The Morgan fingerprint density at radius 3 is 2.33 bits per heavy atom. The number of aryl methyl sites for hydroxylation is 1. The SMILES string of the molecule is Cc1cnc(C(C)NC(=O)C(N)C(C)C)s1.Cl.Cl. The summed E-state index contributed by atoms with van der Waals surface area (Å²) in [4.78, 5) is 17.1. The summed E-state index contributed by atoms with van der Waals surface area (Å²) >= 11 is 1.59. The second kappa shape index (κ2) is 8.69. The number of hydrogen-bond donors (Lipinski definition) is 2. The van der Waals surface area contributed by atoms with Crippen LogP contribution in [0.3, 0.4) is 0 Å².